The van der Waals surface area contributed by atoms with Crippen LogP contribution in [0.3, 0.4) is 0 Å². The Kier molecular flexibility index (Phi) is 5.25. The van der Waals surface area contributed by atoms with Crippen molar-refractivity contribution in [1.29, 1.82) is 0 Å². The van der Waals surface area contributed by atoms with Crippen molar-refractivity contribution >= 4 is 8.24 Å². The van der Waals surface area contributed by atoms with E-state index < -0.39 is 8.24 Å². The molecule has 0 aromatic carbocycles. The van der Waals surface area contributed by atoms with E-state index in [9.17, 15) is 0 Å². The fourth-order valence-corrected chi connectivity index (χ4v) is 3.25. The number of rotatable bonds is 5. The van der Waals surface area contributed by atoms with Crippen LogP contribution < -0.4 is 0 Å². The Morgan fingerprint density at radius 1 is 1.20 bits per heavy atom. The van der Waals surface area contributed by atoms with Crippen LogP contribution in [0.15, 0.2) is 0 Å². The molecule has 1 aliphatic rings. The lowest BCUT2D eigenvalue weighted by Crippen LogP contribution is -2.44. The maximum absolute atomic E-state index is 5.34. The summed E-state index contributed by atoms with van der Waals surface area (Å²) in [4.78, 5) is 2.53. The highest BCUT2D eigenvalue weighted by Gasteiger charge is 2.23. The molecule has 1 aliphatic heterocycles. The van der Waals surface area contributed by atoms with Gasteiger partial charge in [-0.2, -0.15) is 0 Å². The van der Waals surface area contributed by atoms with Crippen LogP contribution in [0.1, 0.15) is 6.42 Å². The number of morpholine rings is 1. The summed E-state index contributed by atoms with van der Waals surface area (Å²) >= 11 is 0. The van der Waals surface area contributed by atoms with Crippen molar-refractivity contribution in [2.45, 2.75) is 25.6 Å². The molecule has 4 heteroatoms. The van der Waals surface area contributed by atoms with Gasteiger partial charge < -0.3 is 9.30 Å². The number of hydrogen-bond acceptors (Lipinski definition) is 3. The van der Waals surface area contributed by atoms with Crippen LogP contribution in [0.5, 0.6) is 0 Å². The summed E-state index contributed by atoms with van der Waals surface area (Å²) in [7, 11) is 3.36. The summed E-state index contributed by atoms with van der Waals surface area (Å²) in [6, 6.07) is 1.40. The van der Waals surface area contributed by atoms with Crippen molar-refractivity contribution in [3.05, 3.63) is 0 Å². The van der Waals surface area contributed by atoms with Crippen LogP contribution in [-0.2, 0) is 4.74 Å². The third kappa shape index (κ3) is 4.63. The van der Waals surface area contributed by atoms with Gasteiger partial charge in [-0.15, -0.1) is 0 Å². The van der Waals surface area contributed by atoms with Gasteiger partial charge in [-0.1, -0.05) is 13.1 Å². The maximum atomic E-state index is 5.34. The molecular weight excluding hydrogens is 204 g/mol. The van der Waals surface area contributed by atoms with E-state index in [2.05, 4.69) is 36.7 Å². The van der Waals surface area contributed by atoms with Crippen molar-refractivity contribution in [2.75, 3.05) is 46.9 Å². The van der Waals surface area contributed by atoms with Crippen molar-refractivity contribution in [3.8, 4) is 0 Å². The van der Waals surface area contributed by atoms with Gasteiger partial charge in [0.1, 0.15) is 8.24 Å². The van der Waals surface area contributed by atoms with Crippen LogP contribution in [-0.4, -0.2) is 64.6 Å². The average Bonchev–Trinajstić information content (AvgIpc) is 2.19. The average molecular weight is 230 g/mol. The molecule has 0 aromatic rings. The third-order valence-electron chi connectivity index (χ3n) is 3.58. The normalized spacial score (nSPS) is 19.8. The Morgan fingerprint density at radius 3 is 2.33 bits per heavy atom. The van der Waals surface area contributed by atoms with E-state index in [4.69, 9.17) is 4.74 Å². The number of ether oxygens (including phenoxy) is 1. The lowest BCUT2D eigenvalue weighted by molar-refractivity contribution is 0.0379. The Hall–Kier alpha value is 0.0969. The first-order valence-electron chi connectivity index (χ1n) is 6.00. The van der Waals surface area contributed by atoms with Gasteiger partial charge in [-0.25, -0.2) is 0 Å². The van der Waals surface area contributed by atoms with Crippen LogP contribution in [0, 0.1) is 0 Å². The van der Waals surface area contributed by atoms with Gasteiger partial charge in [-0.3, -0.25) is 4.90 Å². The molecule has 1 fully saturated rings. The minimum Gasteiger partial charge on any atom is -0.379 e. The zero-order chi connectivity index (χ0) is 11.3. The first kappa shape index (κ1) is 13.2. The molecule has 0 N–H and O–H groups in total. The van der Waals surface area contributed by atoms with Crippen molar-refractivity contribution in [3.63, 3.8) is 0 Å². The summed E-state index contributed by atoms with van der Waals surface area (Å²) in [5.41, 5.74) is 0. The van der Waals surface area contributed by atoms with E-state index in [-0.39, 0.29) is 0 Å². The van der Waals surface area contributed by atoms with Crippen LogP contribution in [0.2, 0.25) is 19.1 Å². The Balaban J connectivity index is 2.14. The standard InChI is InChI=1S/C11H26N2OSi/c1-12(2)15(3,4)11-5-6-13-7-9-14-10-8-13/h5-11H2,1-4H3. The molecule has 0 spiro atoms. The molecule has 0 atom stereocenters. The largest absolute Gasteiger partial charge is 0.379 e. The molecule has 0 unspecified atom stereocenters. The summed E-state index contributed by atoms with van der Waals surface area (Å²) < 4.78 is 7.79. The minimum absolute atomic E-state index is 0.925. The second-order valence-corrected chi connectivity index (χ2v) is 10.3. The fraction of sp³-hybridized carbons (Fsp3) is 1.00. The van der Waals surface area contributed by atoms with Gasteiger partial charge in [0.15, 0.2) is 0 Å². The Bertz CT molecular complexity index is 179. The summed E-state index contributed by atoms with van der Waals surface area (Å²) in [5.74, 6) is 0. The van der Waals surface area contributed by atoms with Gasteiger partial charge >= 0.3 is 0 Å². The lowest BCUT2D eigenvalue weighted by atomic mass is 10.3. The monoisotopic (exact) mass is 230 g/mol. The summed E-state index contributed by atoms with van der Waals surface area (Å²) in [6.07, 6.45) is 1.34. The third-order valence-corrected chi connectivity index (χ3v) is 7.58. The highest BCUT2D eigenvalue weighted by atomic mass is 28.3. The molecule has 15 heavy (non-hydrogen) atoms. The molecule has 0 saturated carbocycles. The quantitative estimate of drug-likeness (QED) is 0.665. The zero-order valence-electron chi connectivity index (χ0n) is 10.8. The van der Waals surface area contributed by atoms with Crippen molar-refractivity contribution in [2.24, 2.45) is 0 Å². The Morgan fingerprint density at radius 2 is 1.80 bits per heavy atom. The molecule has 1 rings (SSSR count). The predicted molar refractivity (Wildman–Crippen MR) is 67.9 cm³/mol. The molecule has 0 bridgehead atoms. The van der Waals surface area contributed by atoms with Crippen LogP contribution >= 0.6 is 0 Å². The highest BCUT2D eigenvalue weighted by Crippen LogP contribution is 2.14. The Labute approximate surface area is 95.5 Å². The van der Waals surface area contributed by atoms with Gasteiger partial charge in [0.25, 0.3) is 0 Å². The molecule has 90 valence electrons. The number of hydrogen-bond donors (Lipinski definition) is 0. The SMILES string of the molecule is CN(C)[Si](C)(C)CCCN1CCOCC1. The molecule has 3 nitrogen and oxygen atoms in total. The smallest absolute Gasteiger partial charge is 0.121 e. The zero-order valence-corrected chi connectivity index (χ0v) is 11.8. The fourth-order valence-electron chi connectivity index (χ4n) is 1.78. The molecule has 1 saturated heterocycles. The topological polar surface area (TPSA) is 15.7 Å². The molecule has 0 aromatic heterocycles. The van der Waals surface area contributed by atoms with Crippen LogP contribution in [0.4, 0.5) is 0 Å². The number of nitrogens with zero attached hydrogens (tertiary/aromatic N) is 2. The lowest BCUT2D eigenvalue weighted by Gasteiger charge is -2.32. The van der Waals surface area contributed by atoms with Gasteiger partial charge in [-0.05, 0) is 33.1 Å². The van der Waals surface area contributed by atoms with Crippen molar-refractivity contribution in [1.82, 2.24) is 9.47 Å². The van der Waals surface area contributed by atoms with Crippen LogP contribution in [0.25, 0.3) is 0 Å². The molecular formula is C11H26N2OSi. The van der Waals surface area contributed by atoms with Gasteiger partial charge in [0.2, 0.25) is 0 Å². The molecule has 0 amide bonds. The van der Waals surface area contributed by atoms with Crippen molar-refractivity contribution < 1.29 is 4.74 Å². The van der Waals surface area contributed by atoms with Gasteiger partial charge in [0, 0.05) is 13.1 Å². The minimum atomic E-state index is -1.09. The van der Waals surface area contributed by atoms with E-state index in [1.807, 2.05) is 0 Å². The van der Waals surface area contributed by atoms with Gasteiger partial charge in [0.05, 0.1) is 13.2 Å². The first-order valence-corrected chi connectivity index (χ1v) is 9.15. The van der Waals surface area contributed by atoms with E-state index in [0.717, 1.165) is 26.3 Å². The molecule has 0 radical (unpaired) electrons. The second-order valence-electron chi connectivity index (χ2n) is 5.26. The highest BCUT2D eigenvalue weighted by molar-refractivity contribution is 6.74. The van der Waals surface area contributed by atoms with E-state index in [1.165, 1.54) is 19.0 Å². The molecule has 1 heterocycles. The summed E-state index contributed by atoms with van der Waals surface area (Å²) in [5, 5.41) is 0. The van der Waals surface area contributed by atoms with E-state index in [1.54, 1.807) is 0 Å². The van der Waals surface area contributed by atoms with E-state index in [0.29, 0.717) is 0 Å². The maximum Gasteiger partial charge on any atom is 0.121 e. The predicted octanol–water partition coefficient (Wildman–Crippen LogP) is 1.48. The first-order chi connectivity index (χ1) is 7.02. The van der Waals surface area contributed by atoms with E-state index >= 15 is 0 Å². The molecule has 0 aliphatic carbocycles. The second kappa shape index (κ2) is 5.99. The summed E-state index contributed by atoms with van der Waals surface area (Å²) in [6.45, 7) is 10.3.